The first-order chi connectivity index (χ1) is 29.5. The summed E-state index contributed by atoms with van der Waals surface area (Å²) in [4.78, 5) is 35.5. The highest BCUT2D eigenvalue weighted by Crippen LogP contribution is 2.43. The zero-order valence-corrected chi connectivity index (χ0v) is 42.1. The average molecular weight is 889 g/mol. The van der Waals surface area contributed by atoms with Crippen molar-refractivity contribution in [3.8, 4) is 0 Å². The number of carbonyl (C=O) groups is 2. The average Bonchev–Trinajstić information content (AvgIpc) is 3.21. The van der Waals surface area contributed by atoms with Gasteiger partial charge >= 0.3 is 19.8 Å². The summed E-state index contributed by atoms with van der Waals surface area (Å²) in [6, 6.07) is 0. The number of hydrogen-bond acceptors (Lipinski definition) is 7. The van der Waals surface area contributed by atoms with Crippen molar-refractivity contribution in [3.63, 3.8) is 0 Å². The van der Waals surface area contributed by atoms with Crippen LogP contribution < -0.4 is 0 Å². The van der Waals surface area contributed by atoms with E-state index >= 15 is 0 Å². The summed E-state index contributed by atoms with van der Waals surface area (Å²) < 4.78 is 34.5. The van der Waals surface area contributed by atoms with Crippen LogP contribution in [0.25, 0.3) is 0 Å². The lowest BCUT2D eigenvalue weighted by molar-refractivity contribution is -0.870. The summed E-state index contributed by atoms with van der Waals surface area (Å²) in [6.07, 6.45) is 47.3. The normalized spacial score (nSPS) is 13.3. The molecule has 0 bridgehead atoms. The van der Waals surface area contributed by atoms with Gasteiger partial charge < -0.3 is 18.9 Å². The molecular weight excluding hydrogens is 786 g/mol. The van der Waals surface area contributed by atoms with Gasteiger partial charge in [0, 0.05) is 12.8 Å². The van der Waals surface area contributed by atoms with E-state index in [1.54, 1.807) is 0 Å². The molecule has 2 atom stereocenters. The third-order valence-electron chi connectivity index (χ3n) is 11.9. The van der Waals surface area contributed by atoms with Gasteiger partial charge in [0.05, 0.1) is 27.7 Å². The van der Waals surface area contributed by atoms with Crippen LogP contribution in [0.4, 0.5) is 0 Å². The maximum atomic E-state index is 12.7. The van der Waals surface area contributed by atoms with E-state index in [9.17, 15) is 19.0 Å². The van der Waals surface area contributed by atoms with Crippen LogP contribution in [0.2, 0.25) is 0 Å². The van der Waals surface area contributed by atoms with E-state index in [-0.39, 0.29) is 25.6 Å². The Hall–Kier alpha value is -0.990. The maximum absolute atomic E-state index is 12.7. The van der Waals surface area contributed by atoms with Gasteiger partial charge in [-0.2, -0.15) is 0 Å². The van der Waals surface area contributed by atoms with E-state index in [4.69, 9.17) is 18.5 Å². The SMILES string of the molecule is CCCCCCCCCCCCCCCCCCCCCCCCC(=O)OC[C@H](COP(=O)(O)OCC[N+](C)(C)C)OC(=O)CCCCCCCCCCCCCCCCC. The lowest BCUT2D eigenvalue weighted by atomic mass is 10.0. The summed E-state index contributed by atoms with van der Waals surface area (Å²) >= 11 is 0. The Morgan fingerprint density at radius 1 is 0.443 bits per heavy atom. The van der Waals surface area contributed by atoms with Gasteiger partial charge in [-0.3, -0.25) is 18.6 Å². The summed E-state index contributed by atoms with van der Waals surface area (Å²) in [5.74, 6) is -0.777. The van der Waals surface area contributed by atoms with E-state index in [1.165, 1.54) is 199 Å². The molecule has 10 heteroatoms. The molecule has 9 nitrogen and oxygen atoms in total. The number of unbranched alkanes of at least 4 members (excludes halogenated alkanes) is 35. The number of hydrogen-bond donors (Lipinski definition) is 1. The fourth-order valence-corrected chi connectivity index (χ4v) is 8.52. The molecule has 0 spiro atoms. The number of rotatable bonds is 49. The third-order valence-corrected chi connectivity index (χ3v) is 12.9. The highest BCUT2D eigenvalue weighted by molar-refractivity contribution is 7.47. The minimum absolute atomic E-state index is 0.0372. The van der Waals surface area contributed by atoms with Crippen LogP contribution >= 0.6 is 7.82 Å². The lowest BCUT2D eigenvalue weighted by Gasteiger charge is -2.24. The van der Waals surface area contributed by atoms with E-state index in [0.717, 1.165) is 38.5 Å². The predicted molar refractivity (Wildman–Crippen MR) is 257 cm³/mol. The molecule has 0 aromatic heterocycles. The molecule has 0 saturated heterocycles. The van der Waals surface area contributed by atoms with Gasteiger partial charge in [0.1, 0.15) is 19.8 Å². The largest absolute Gasteiger partial charge is 0.472 e. The summed E-state index contributed by atoms with van der Waals surface area (Å²) in [7, 11) is 1.50. The van der Waals surface area contributed by atoms with Crippen LogP contribution in [0.3, 0.4) is 0 Å². The Morgan fingerprint density at radius 2 is 0.738 bits per heavy atom. The van der Waals surface area contributed by atoms with E-state index < -0.39 is 26.5 Å². The van der Waals surface area contributed by atoms with Crippen molar-refractivity contribution >= 4 is 19.8 Å². The van der Waals surface area contributed by atoms with Gasteiger partial charge in [-0.25, -0.2) is 4.57 Å². The van der Waals surface area contributed by atoms with Crippen molar-refractivity contribution in [2.75, 3.05) is 47.5 Å². The monoisotopic (exact) mass is 889 g/mol. The second-order valence-electron chi connectivity index (χ2n) is 19.3. The number of esters is 2. The van der Waals surface area contributed by atoms with Gasteiger partial charge in [0.15, 0.2) is 6.10 Å². The number of carbonyl (C=O) groups excluding carboxylic acids is 2. The number of nitrogens with zero attached hydrogens (tertiary/aromatic N) is 1. The van der Waals surface area contributed by atoms with Gasteiger partial charge in [-0.1, -0.05) is 239 Å². The minimum Gasteiger partial charge on any atom is -0.462 e. The molecule has 0 aromatic rings. The molecule has 364 valence electrons. The first-order valence-electron chi connectivity index (χ1n) is 26.3. The van der Waals surface area contributed by atoms with Gasteiger partial charge in [0.2, 0.25) is 0 Å². The van der Waals surface area contributed by atoms with Crippen molar-refractivity contribution in [3.05, 3.63) is 0 Å². The van der Waals surface area contributed by atoms with Crippen molar-refractivity contribution in [1.29, 1.82) is 0 Å². The fourth-order valence-electron chi connectivity index (χ4n) is 7.78. The van der Waals surface area contributed by atoms with Crippen molar-refractivity contribution < 1.29 is 42.1 Å². The Kier molecular flexibility index (Phi) is 43.5. The maximum Gasteiger partial charge on any atom is 0.472 e. The van der Waals surface area contributed by atoms with Crippen LogP contribution in [0.1, 0.15) is 264 Å². The van der Waals surface area contributed by atoms with Crippen LogP contribution in [0.5, 0.6) is 0 Å². The molecule has 0 aliphatic heterocycles. The van der Waals surface area contributed by atoms with Gasteiger partial charge in [-0.05, 0) is 12.8 Å². The standard InChI is InChI=1S/C51H102NO8P/c1-6-8-10-12-14-16-18-20-22-23-24-25-26-27-28-30-31-33-35-37-39-41-43-50(53)57-47-49(48-59-61(55,56)58-46-45-52(3,4)5)60-51(54)44-42-40-38-36-34-32-29-21-19-17-15-13-11-9-7-2/h49H,6-48H2,1-5H3/p+1/t49-/m1/s1. The molecule has 0 saturated carbocycles. The first-order valence-corrected chi connectivity index (χ1v) is 27.8. The predicted octanol–water partition coefficient (Wildman–Crippen LogP) is 15.5. The van der Waals surface area contributed by atoms with Crippen LogP contribution in [-0.2, 0) is 32.7 Å². The minimum atomic E-state index is -4.37. The molecule has 61 heavy (non-hydrogen) atoms. The molecule has 0 fully saturated rings. The zero-order valence-electron chi connectivity index (χ0n) is 41.2. The van der Waals surface area contributed by atoms with Crippen molar-refractivity contribution in [2.24, 2.45) is 0 Å². The molecular formula is C51H103NO8P+. The van der Waals surface area contributed by atoms with Crippen molar-refractivity contribution in [1.82, 2.24) is 0 Å². The summed E-state index contributed by atoms with van der Waals surface area (Å²) in [6.45, 7) is 4.49. The smallest absolute Gasteiger partial charge is 0.462 e. The van der Waals surface area contributed by atoms with Gasteiger partial charge in [0.25, 0.3) is 0 Å². The fraction of sp³-hybridized carbons (Fsp3) is 0.961. The first kappa shape index (κ1) is 60.0. The number of likely N-dealkylation sites (N-methyl/N-ethyl adjacent to an activating group) is 1. The molecule has 0 radical (unpaired) electrons. The zero-order chi connectivity index (χ0) is 45.0. The number of quaternary nitrogens is 1. The second kappa shape index (κ2) is 44.2. The Morgan fingerprint density at radius 3 is 1.05 bits per heavy atom. The van der Waals surface area contributed by atoms with Crippen LogP contribution in [-0.4, -0.2) is 74.9 Å². The molecule has 0 rings (SSSR count). The Labute approximate surface area is 378 Å². The number of phosphoric acid groups is 1. The molecule has 0 aromatic carbocycles. The van der Waals surface area contributed by atoms with E-state index in [0.29, 0.717) is 17.4 Å². The molecule has 1 N–H and O–H groups in total. The van der Waals surface area contributed by atoms with E-state index in [2.05, 4.69) is 13.8 Å². The Bertz CT molecular complexity index is 1010. The quantitative estimate of drug-likeness (QED) is 0.0278. The molecule has 1 unspecified atom stereocenters. The molecule has 0 aliphatic rings. The summed E-state index contributed by atoms with van der Waals surface area (Å²) in [5.41, 5.74) is 0. The highest BCUT2D eigenvalue weighted by Gasteiger charge is 2.27. The van der Waals surface area contributed by atoms with E-state index in [1.807, 2.05) is 21.1 Å². The van der Waals surface area contributed by atoms with Crippen molar-refractivity contribution in [2.45, 2.75) is 270 Å². The third kappa shape index (κ3) is 48.3. The molecule has 0 heterocycles. The number of ether oxygens (including phenoxy) is 2. The van der Waals surface area contributed by atoms with Gasteiger partial charge in [-0.15, -0.1) is 0 Å². The van der Waals surface area contributed by atoms with Crippen LogP contribution in [0, 0.1) is 0 Å². The summed E-state index contributed by atoms with van der Waals surface area (Å²) in [5, 5.41) is 0. The Balaban J connectivity index is 4.15. The number of phosphoric ester groups is 1. The highest BCUT2D eigenvalue weighted by atomic mass is 31.2. The van der Waals surface area contributed by atoms with Crippen LogP contribution in [0.15, 0.2) is 0 Å². The topological polar surface area (TPSA) is 108 Å². The second-order valence-corrected chi connectivity index (χ2v) is 20.7. The molecule has 0 amide bonds. The lowest BCUT2D eigenvalue weighted by Crippen LogP contribution is -2.37. The molecule has 0 aliphatic carbocycles.